The van der Waals surface area contributed by atoms with Gasteiger partial charge in [-0.15, -0.1) is 0 Å². The maximum absolute atomic E-state index is 11.7. The van der Waals surface area contributed by atoms with Crippen LogP contribution in [0.4, 0.5) is 4.79 Å². The van der Waals surface area contributed by atoms with Crippen molar-refractivity contribution < 1.29 is 29.0 Å². The lowest BCUT2D eigenvalue weighted by Gasteiger charge is -2.21. The highest BCUT2D eigenvalue weighted by Gasteiger charge is 2.27. The average Bonchev–Trinajstić information content (AvgIpc) is 2.38. The third-order valence-corrected chi connectivity index (χ3v) is 2.29. The molecule has 0 fully saturated rings. The van der Waals surface area contributed by atoms with E-state index in [9.17, 15) is 14.7 Å². The van der Waals surface area contributed by atoms with Crippen molar-refractivity contribution >= 4 is 12.1 Å². The fourth-order valence-electron chi connectivity index (χ4n) is 1.46. The number of phenolic OH excluding ortho intramolecular Hbond substituents is 1. The standard InChI is InChI=1S/C14H19NO6/c1-14(2,3)20-13(18)15-21-11(12(17)19-4)9-7-5-6-8-10(9)16/h5-8,11,16H,1-4H3,(H,15,18). The lowest BCUT2D eigenvalue weighted by Crippen LogP contribution is -2.35. The molecule has 0 aromatic heterocycles. The van der Waals surface area contributed by atoms with Crippen LogP contribution in [-0.4, -0.2) is 29.9 Å². The summed E-state index contributed by atoms with van der Waals surface area (Å²) in [6.07, 6.45) is -2.16. The summed E-state index contributed by atoms with van der Waals surface area (Å²) in [4.78, 5) is 28.2. The third-order valence-electron chi connectivity index (χ3n) is 2.29. The maximum atomic E-state index is 11.7. The molecule has 21 heavy (non-hydrogen) atoms. The van der Waals surface area contributed by atoms with E-state index in [-0.39, 0.29) is 11.3 Å². The minimum atomic E-state index is -1.30. The molecule has 0 bridgehead atoms. The summed E-state index contributed by atoms with van der Waals surface area (Å²) < 4.78 is 9.57. The number of phenols is 1. The summed E-state index contributed by atoms with van der Waals surface area (Å²) in [6, 6.07) is 6.08. The van der Waals surface area contributed by atoms with Crippen LogP contribution in [0.2, 0.25) is 0 Å². The Bertz CT molecular complexity index is 508. The van der Waals surface area contributed by atoms with Crippen molar-refractivity contribution in [3.8, 4) is 5.75 Å². The molecule has 7 nitrogen and oxygen atoms in total. The molecule has 0 saturated heterocycles. The molecule has 7 heteroatoms. The number of hydrogen-bond donors (Lipinski definition) is 2. The first-order chi connectivity index (χ1) is 9.74. The Kier molecular flexibility index (Phi) is 5.54. The van der Waals surface area contributed by atoms with Gasteiger partial charge in [0.15, 0.2) is 0 Å². The van der Waals surface area contributed by atoms with Crippen LogP contribution >= 0.6 is 0 Å². The number of ether oxygens (including phenoxy) is 2. The molecule has 0 aliphatic rings. The smallest absolute Gasteiger partial charge is 0.431 e. The number of amides is 1. The van der Waals surface area contributed by atoms with Crippen LogP contribution < -0.4 is 5.48 Å². The number of esters is 1. The summed E-state index contributed by atoms with van der Waals surface area (Å²) in [5, 5.41) is 9.75. The first-order valence-electron chi connectivity index (χ1n) is 6.25. The van der Waals surface area contributed by atoms with Crippen molar-refractivity contribution in [3.05, 3.63) is 29.8 Å². The van der Waals surface area contributed by atoms with Gasteiger partial charge in [0.1, 0.15) is 11.4 Å². The molecule has 1 aromatic rings. The first-order valence-corrected chi connectivity index (χ1v) is 6.25. The topological polar surface area (TPSA) is 94.1 Å². The number of rotatable bonds is 4. The van der Waals surface area contributed by atoms with Gasteiger partial charge in [0, 0.05) is 5.56 Å². The van der Waals surface area contributed by atoms with Gasteiger partial charge in [-0.3, -0.25) is 4.84 Å². The summed E-state index contributed by atoms with van der Waals surface area (Å²) in [5.74, 6) is -0.925. The van der Waals surface area contributed by atoms with Crippen LogP contribution in [0.1, 0.15) is 32.4 Å². The molecule has 0 saturated carbocycles. The van der Waals surface area contributed by atoms with E-state index in [2.05, 4.69) is 4.74 Å². The quantitative estimate of drug-likeness (QED) is 0.652. The molecule has 1 rings (SSSR count). The van der Waals surface area contributed by atoms with Gasteiger partial charge in [0.2, 0.25) is 6.10 Å². The van der Waals surface area contributed by atoms with E-state index in [0.29, 0.717) is 0 Å². The minimum absolute atomic E-state index is 0.154. The molecule has 1 amide bonds. The monoisotopic (exact) mass is 297 g/mol. The molecule has 0 spiro atoms. The van der Waals surface area contributed by atoms with E-state index < -0.39 is 23.8 Å². The fourth-order valence-corrected chi connectivity index (χ4v) is 1.46. The molecule has 116 valence electrons. The zero-order chi connectivity index (χ0) is 16.0. The predicted octanol–water partition coefficient (Wildman–Crippen LogP) is 2.06. The number of benzene rings is 1. The predicted molar refractivity (Wildman–Crippen MR) is 73.3 cm³/mol. The highest BCUT2D eigenvalue weighted by Crippen LogP contribution is 2.26. The Morgan fingerprint density at radius 1 is 1.24 bits per heavy atom. The second-order valence-electron chi connectivity index (χ2n) is 5.18. The molecular formula is C14H19NO6. The van der Waals surface area contributed by atoms with Crippen LogP contribution in [0, 0.1) is 0 Å². The van der Waals surface area contributed by atoms with E-state index >= 15 is 0 Å². The zero-order valence-electron chi connectivity index (χ0n) is 12.4. The molecule has 1 aromatic carbocycles. The average molecular weight is 297 g/mol. The van der Waals surface area contributed by atoms with Crippen LogP contribution in [0.25, 0.3) is 0 Å². The van der Waals surface area contributed by atoms with Gasteiger partial charge < -0.3 is 14.6 Å². The molecule has 0 radical (unpaired) electrons. The molecule has 2 N–H and O–H groups in total. The number of para-hydroxylation sites is 1. The lowest BCUT2D eigenvalue weighted by molar-refractivity contribution is -0.159. The van der Waals surface area contributed by atoms with E-state index in [1.54, 1.807) is 32.9 Å². The Hall–Kier alpha value is -2.28. The van der Waals surface area contributed by atoms with E-state index in [4.69, 9.17) is 9.57 Å². The van der Waals surface area contributed by atoms with Gasteiger partial charge in [-0.25, -0.2) is 9.59 Å². The molecule has 0 aliphatic heterocycles. The van der Waals surface area contributed by atoms with E-state index in [0.717, 1.165) is 0 Å². The van der Waals surface area contributed by atoms with Gasteiger partial charge in [-0.1, -0.05) is 18.2 Å². The molecule has 0 heterocycles. The van der Waals surface area contributed by atoms with Gasteiger partial charge in [-0.05, 0) is 26.8 Å². The summed E-state index contributed by atoms with van der Waals surface area (Å²) in [7, 11) is 1.17. The van der Waals surface area contributed by atoms with Crippen molar-refractivity contribution in [3.63, 3.8) is 0 Å². The Balaban J connectivity index is 2.80. The number of hydroxylamine groups is 1. The minimum Gasteiger partial charge on any atom is -0.508 e. The van der Waals surface area contributed by atoms with Crippen LogP contribution in [0.5, 0.6) is 5.75 Å². The van der Waals surface area contributed by atoms with Crippen molar-refractivity contribution in [2.24, 2.45) is 0 Å². The second-order valence-corrected chi connectivity index (χ2v) is 5.18. The highest BCUT2D eigenvalue weighted by molar-refractivity contribution is 5.77. The van der Waals surface area contributed by atoms with Crippen LogP contribution in [0.3, 0.4) is 0 Å². The van der Waals surface area contributed by atoms with Crippen LogP contribution in [0.15, 0.2) is 24.3 Å². The summed E-state index contributed by atoms with van der Waals surface area (Å²) in [5.41, 5.74) is 1.47. The van der Waals surface area contributed by atoms with Gasteiger partial charge >= 0.3 is 12.1 Å². The number of aromatic hydroxyl groups is 1. The Morgan fingerprint density at radius 3 is 2.38 bits per heavy atom. The zero-order valence-corrected chi connectivity index (χ0v) is 12.4. The highest BCUT2D eigenvalue weighted by atomic mass is 16.7. The number of carbonyl (C=O) groups is 2. The normalized spacial score (nSPS) is 12.4. The van der Waals surface area contributed by atoms with Crippen molar-refractivity contribution in [1.82, 2.24) is 5.48 Å². The molecular weight excluding hydrogens is 278 g/mol. The van der Waals surface area contributed by atoms with Crippen molar-refractivity contribution in [2.75, 3.05) is 7.11 Å². The molecule has 0 aliphatic carbocycles. The SMILES string of the molecule is COC(=O)C(ONC(=O)OC(C)(C)C)c1ccccc1O. The fraction of sp³-hybridized carbons (Fsp3) is 0.429. The summed E-state index contributed by atoms with van der Waals surface area (Å²) >= 11 is 0. The largest absolute Gasteiger partial charge is 0.508 e. The number of carbonyl (C=O) groups excluding carboxylic acids is 2. The second kappa shape index (κ2) is 6.94. The lowest BCUT2D eigenvalue weighted by atomic mass is 10.1. The van der Waals surface area contributed by atoms with Crippen LogP contribution in [-0.2, 0) is 19.1 Å². The van der Waals surface area contributed by atoms with Gasteiger partial charge in [0.05, 0.1) is 7.11 Å². The molecule has 1 atom stereocenters. The summed E-state index contributed by atoms with van der Waals surface area (Å²) in [6.45, 7) is 5.06. The first kappa shape index (κ1) is 16.8. The Morgan fingerprint density at radius 2 is 1.86 bits per heavy atom. The molecule has 1 unspecified atom stereocenters. The van der Waals surface area contributed by atoms with Gasteiger partial charge in [-0.2, -0.15) is 5.48 Å². The maximum Gasteiger partial charge on any atom is 0.431 e. The third kappa shape index (κ3) is 5.31. The van der Waals surface area contributed by atoms with Crippen molar-refractivity contribution in [1.29, 1.82) is 0 Å². The number of methoxy groups -OCH3 is 1. The van der Waals surface area contributed by atoms with Gasteiger partial charge in [0.25, 0.3) is 0 Å². The van der Waals surface area contributed by atoms with E-state index in [1.807, 2.05) is 5.48 Å². The van der Waals surface area contributed by atoms with Crippen molar-refractivity contribution in [2.45, 2.75) is 32.5 Å². The number of hydrogen-bond acceptors (Lipinski definition) is 6. The Labute approximate surface area is 122 Å². The number of nitrogens with one attached hydrogen (secondary N) is 1. The van der Waals surface area contributed by atoms with E-state index in [1.165, 1.54) is 19.2 Å².